The molecule has 0 rings (SSSR count). The van der Waals surface area contributed by atoms with Gasteiger partial charge in [-0.2, -0.15) is 0 Å². The summed E-state index contributed by atoms with van der Waals surface area (Å²) in [6.07, 6.45) is 1.92. The van der Waals surface area contributed by atoms with E-state index in [0.717, 1.165) is 12.8 Å². The van der Waals surface area contributed by atoms with Gasteiger partial charge in [-0.05, 0) is 33.6 Å². The maximum atomic E-state index is 11.0. The number of hydrogen-bond acceptors (Lipinski definition) is 3. The van der Waals surface area contributed by atoms with E-state index in [2.05, 4.69) is 34.6 Å². The van der Waals surface area contributed by atoms with Gasteiger partial charge in [0.15, 0.2) is 0 Å². The van der Waals surface area contributed by atoms with Gasteiger partial charge >= 0.3 is 5.97 Å². The molecule has 0 saturated carbocycles. The maximum Gasteiger partial charge on any atom is 0.322 e. The van der Waals surface area contributed by atoms with Crippen molar-refractivity contribution in [1.82, 2.24) is 5.06 Å². The number of nitrogens with zero attached hydrogens (tertiary/aromatic N) is 1. The van der Waals surface area contributed by atoms with E-state index in [4.69, 9.17) is 4.84 Å². The lowest BCUT2D eigenvalue weighted by molar-refractivity contribution is -0.230. The molecule has 1 atom stereocenters. The summed E-state index contributed by atoms with van der Waals surface area (Å²) < 4.78 is 0. The van der Waals surface area contributed by atoms with Crippen LogP contribution in [0.25, 0.3) is 0 Å². The number of carbonyl (C=O) groups excluding carboxylic acids is 1. The first-order valence-electron chi connectivity index (χ1n) is 5.33. The van der Waals surface area contributed by atoms with Crippen LogP contribution in [0.15, 0.2) is 0 Å². The molecule has 0 heterocycles. The zero-order valence-electron chi connectivity index (χ0n) is 10.3. The minimum absolute atomic E-state index is 0.0961. The second kappa shape index (κ2) is 5.35. The summed E-state index contributed by atoms with van der Waals surface area (Å²) in [5.74, 6) is -0.244. The maximum absolute atomic E-state index is 11.0. The molecule has 0 bridgehead atoms. The van der Waals surface area contributed by atoms with Crippen molar-refractivity contribution in [2.24, 2.45) is 0 Å². The Hall–Kier alpha value is -0.570. The molecule has 0 fully saturated rings. The summed E-state index contributed by atoms with van der Waals surface area (Å²) in [6.45, 7) is 11.9. The average molecular weight is 201 g/mol. The number of rotatable bonds is 5. The zero-order valence-corrected chi connectivity index (χ0v) is 10.3. The summed E-state index contributed by atoms with van der Waals surface area (Å²) in [5.41, 5.74) is -0.0961. The van der Waals surface area contributed by atoms with Crippen molar-refractivity contribution in [3.05, 3.63) is 0 Å². The van der Waals surface area contributed by atoms with Gasteiger partial charge in [-0.25, -0.2) is 0 Å². The van der Waals surface area contributed by atoms with Gasteiger partial charge in [-0.15, -0.1) is 5.06 Å². The van der Waals surface area contributed by atoms with E-state index in [9.17, 15) is 4.79 Å². The molecule has 0 spiro atoms. The van der Waals surface area contributed by atoms with E-state index in [1.54, 1.807) is 0 Å². The van der Waals surface area contributed by atoms with E-state index in [1.165, 1.54) is 6.92 Å². The van der Waals surface area contributed by atoms with Crippen molar-refractivity contribution in [3.63, 3.8) is 0 Å². The summed E-state index contributed by atoms with van der Waals surface area (Å²) >= 11 is 0. The van der Waals surface area contributed by atoms with Crippen LogP contribution in [0.3, 0.4) is 0 Å². The summed E-state index contributed by atoms with van der Waals surface area (Å²) in [7, 11) is 0. The molecular formula is C11H23NO2. The third-order valence-electron chi connectivity index (χ3n) is 2.68. The van der Waals surface area contributed by atoms with Crippen LogP contribution >= 0.6 is 0 Å². The molecule has 1 unspecified atom stereocenters. The molecule has 0 radical (unpaired) electrons. The van der Waals surface area contributed by atoms with E-state index < -0.39 is 0 Å². The molecule has 0 aliphatic carbocycles. The topological polar surface area (TPSA) is 29.5 Å². The van der Waals surface area contributed by atoms with E-state index in [-0.39, 0.29) is 17.6 Å². The molecule has 0 aromatic carbocycles. The molecule has 14 heavy (non-hydrogen) atoms. The van der Waals surface area contributed by atoms with Gasteiger partial charge in [0.05, 0.1) is 5.54 Å². The molecule has 0 N–H and O–H groups in total. The number of hydrogen-bond donors (Lipinski definition) is 0. The fraction of sp³-hybridized carbons (Fsp3) is 0.909. The molecule has 0 aliphatic heterocycles. The predicted molar refractivity (Wildman–Crippen MR) is 57.7 cm³/mol. The van der Waals surface area contributed by atoms with Crippen LogP contribution < -0.4 is 0 Å². The molecule has 3 heteroatoms. The third kappa shape index (κ3) is 3.66. The molecule has 84 valence electrons. The fourth-order valence-corrected chi connectivity index (χ4v) is 1.27. The SMILES string of the molecule is CCC(C)N(OC(C)=O)C(C)(C)CC. The highest BCUT2D eigenvalue weighted by molar-refractivity contribution is 5.65. The standard InChI is InChI=1S/C11H23NO2/c1-7-9(3)12(14-10(4)13)11(5,6)8-2/h9H,7-8H2,1-6H3. The lowest BCUT2D eigenvalue weighted by Gasteiger charge is -2.39. The monoisotopic (exact) mass is 201 g/mol. The smallest absolute Gasteiger partial charge is 0.322 e. The van der Waals surface area contributed by atoms with Gasteiger partial charge in [0, 0.05) is 13.0 Å². The second-order valence-electron chi connectivity index (χ2n) is 4.33. The van der Waals surface area contributed by atoms with Crippen LogP contribution in [0, 0.1) is 0 Å². The average Bonchev–Trinajstić information content (AvgIpc) is 2.12. The Labute approximate surface area is 87.4 Å². The Bertz CT molecular complexity index is 190. The molecule has 0 aromatic rings. The first-order valence-corrected chi connectivity index (χ1v) is 5.33. The van der Waals surface area contributed by atoms with E-state index in [1.807, 2.05) is 5.06 Å². The van der Waals surface area contributed by atoms with Crippen LogP contribution in [-0.4, -0.2) is 22.6 Å². The largest absolute Gasteiger partial charge is 0.367 e. The highest BCUT2D eigenvalue weighted by Crippen LogP contribution is 2.23. The molecule has 3 nitrogen and oxygen atoms in total. The van der Waals surface area contributed by atoms with Gasteiger partial charge < -0.3 is 4.84 Å². The first-order chi connectivity index (χ1) is 6.35. The van der Waals surface area contributed by atoms with E-state index >= 15 is 0 Å². The minimum Gasteiger partial charge on any atom is -0.367 e. The van der Waals surface area contributed by atoms with Crippen molar-refractivity contribution in [2.75, 3.05) is 0 Å². The van der Waals surface area contributed by atoms with Crippen molar-refractivity contribution in [1.29, 1.82) is 0 Å². The predicted octanol–water partition coefficient (Wildman–Crippen LogP) is 2.75. The summed E-state index contributed by atoms with van der Waals surface area (Å²) in [5, 5.41) is 1.81. The van der Waals surface area contributed by atoms with Gasteiger partial charge in [-0.3, -0.25) is 4.79 Å². The van der Waals surface area contributed by atoms with Crippen LogP contribution in [0.2, 0.25) is 0 Å². The number of hydroxylamine groups is 2. The highest BCUT2D eigenvalue weighted by atomic mass is 16.7. The summed E-state index contributed by atoms with van der Waals surface area (Å²) in [4.78, 5) is 16.2. The van der Waals surface area contributed by atoms with Crippen LogP contribution in [0.5, 0.6) is 0 Å². The van der Waals surface area contributed by atoms with Crippen LogP contribution in [-0.2, 0) is 9.63 Å². The molecule has 0 saturated heterocycles. The minimum atomic E-state index is -0.244. The van der Waals surface area contributed by atoms with Gasteiger partial charge in [0.25, 0.3) is 0 Å². The van der Waals surface area contributed by atoms with Crippen molar-refractivity contribution >= 4 is 5.97 Å². The van der Waals surface area contributed by atoms with Crippen LogP contribution in [0.1, 0.15) is 54.4 Å². The van der Waals surface area contributed by atoms with Gasteiger partial charge in [0.2, 0.25) is 0 Å². The first kappa shape index (κ1) is 13.4. The third-order valence-corrected chi connectivity index (χ3v) is 2.68. The Balaban J connectivity index is 4.62. The molecule has 0 amide bonds. The van der Waals surface area contributed by atoms with Crippen molar-refractivity contribution in [2.45, 2.75) is 66.0 Å². The van der Waals surface area contributed by atoms with E-state index in [0.29, 0.717) is 0 Å². The van der Waals surface area contributed by atoms with Gasteiger partial charge in [0.1, 0.15) is 0 Å². The summed E-state index contributed by atoms with van der Waals surface area (Å²) in [6, 6.07) is 0.258. The fourth-order valence-electron chi connectivity index (χ4n) is 1.27. The Morgan fingerprint density at radius 1 is 1.43 bits per heavy atom. The van der Waals surface area contributed by atoms with Gasteiger partial charge in [-0.1, -0.05) is 13.8 Å². The lowest BCUT2D eigenvalue weighted by atomic mass is 9.99. The molecule has 0 aliphatic rings. The number of carbonyl (C=O) groups is 1. The normalized spacial score (nSPS) is 14.2. The highest BCUT2D eigenvalue weighted by Gasteiger charge is 2.31. The second-order valence-corrected chi connectivity index (χ2v) is 4.33. The molecule has 0 aromatic heterocycles. The van der Waals surface area contributed by atoms with Crippen molar-refractivity contribution in [3.8, 4) is 0 Å². The Kier molecular flexibility index (Phi) is 5.13. The zero-order chi connectivity index (χ0) is 11.4. The Morgan fingerprint density at radius 2 is 1.93 bits per heavy atom. The van der Waals surface area contributed by atoms with Crippen molar-refractivity contribution < 1.29 is 9.63 Å². The Morgan fingerprint density at radius 3 is 2.21 bits per heavy atom. The molecular weight excluding hydrogens is 178 g/mol. The quantitative estimate of drug-likeness (QED) is 0.640. The lowest BCUT2D eigenvalue weighted by Crippen LogP contribution is -2.49. The van der Waals surface area contributed by atoms with Crippen LogP contribution in [0.4, 0.5) is 0 Å².